The second-order valence-corrected chi connectivity index (χ2v) is 4.12. The first-order valence-electron chi connectivity index (χ1n) is 5.60. The van der Waals surface area contributed by atoms with Crippen LogP contribution in [0.3, 0.4) is 0 Å². The Balaban J connectivity index is 2.22. The average Bonchev–Trinajstić information content (AvgIpc) is 2.71. The first kappa shape index (κ1) is 13.2. The highest BCUT2D eigenvalue weighted by Crippen LogP contribution is 2.20. The van der Waals surface area contributed by atoms with Gasteiger partial charge in [0.15, 0.2) is 0 Å². The molecule has 0 amide bonds. The van der Waals surface area contributed by atoms with Crippen LogP contribution in [0, 0.1) is 22.9 Å². The Labute approximate surface area is 108 Å². The molecule has 0 unspecified atom stereocenters. The van der Waals surface area contributed by atoms with E-state index >= 15 is 0 Å². The highest BCUT2D eigenvalue weighted by atomic mass is 19.1. The lowest BCUT2D eigenvalue weighted by Crippen LogP contribution is -2.12. The van der Waals surface area contributed by atoms with Crippen molar-refractivity contribution < 1.29 is 14.4 Å². The summed E-state index contributed by atoms with van der Waals surface area (Å²) in [6.45, 7) is 1.59. The van der Waals surface area contributed by atoms with Crippen LogP contribution in [0.4, 0.5) is 10.2 Å². The van der Waals surface area contributed by atoms with E-state index in [0.717, 1.165) is 0 Å². The lowest BCUT2D eigenvalue weighted by atomic mass is 10.1. The van der Waals surface area contributed by atoms with Gasteiger partial charge in [-0.15, -0.1) is 0 Å². The predicted octanol–water partition coefficient (Wildman–Crippen LogP) is 1.97. The van der Waals surface area contributed by atoms with Gasteiger partial charge in [-0.2, -0.15) is 4.68 Å². The number of benzene rings is 1. The minimum Gasteiger partial charge on any atom is -0.386 e. The van der Waals surface area contributed by atoms with Gasteiger partial charge >= 0.3 is 5.82 Å². The molecule has 0 spiro atoms. The molecule has 0 aliphatic heterocycles. The molecule has 1 aromatic heterocycles. The summed E-state index contributed by atoms with van der Waals surface area (Å²) in [5.41, 5.74) is 0.669. The normalized spacial score (nSPS) is 12.4. The summed E-state index contributed by atoms with van der Waals surface area (Å²) in [5.74, 6) is -0.812. The van der Waals surface area contributed by atoms with Crippen LogP contribution in [0.1, 0.15) is 17.4 Å². The van der Waals surface area contributed by atoms with E-state index in [1.807, 2.05) is 0 Å². The van der Waals surface area contributed by atoms with E-state index in [0.29, 0.717) is 5.69 Å². The SMILES string of the molecule is Cc1cc([N+](=O)[O-])nn1C[C@H](O)c1ccccc1F. The molecule has 0 aliphatic rings. The van der Waals surface area contributed by atoms with Crippen molar-refractivity contribution in [3.05, 3.63) is 57.5 Å². The predicted molar refractivity (Wildman–Crippen MR) is 65.0 cm³/mol. The topological polar surface area (TPSA) is 81.2 Å². The minimum absolute atomic E-state index is 0.0411. The number of aliphatic hydroxyl groups excluding tert-OH is 1. The van der Waals surface area contributed by atoms with Crippen LogP contribution >= 0.6 is 0 Å². The Morgan fingerprint density at radius 1 is 1.53 bits per heavy atom. The van der Waals surface area contributed by atoms with Crippen molar-refractivity contribution in [2.45, 2.75) is 19.6 Å². The summed E-state index contributed by atoms with van der Waals surface area (Å²) in [4.78, 5) is 9.97. The molecule has 1 heterocycles. The third kappa shape index (κ3) is 2.76. The second-order valence-electron chi connectivity index (χ2n) is 4.12. The monoisotopic (exact) mass is 265 g/mol. The van der Waals surface area contributed by atoms with E-state index in [1.165, 1.54) is 28.9 Å². The van der Waals surface area contributed by atoms with E-state index in [2.05, 4.69) is 5.10 Å². The zero-order valence-corrected chi connectivity index (χ0v) is 10.2. The molecule has 100 valence electrons. The maximum Gasteiger partial charge on any atom is 0.390 e. The van der Waals surface area contributed by atoms with E-state index in [4.69, 9.17) is 0 Å². The Morgan fingerprint density at radius 2 is 2.21 bits per heavy atom. The van der Waals surface area contributed by atoms with E-state index in [9.17, 15) is 19.6 Å². The van der Waals surface area contributed by atoms with Crippen molar-refractivity contribution in [1.82, 2.24) is 9.78 Å². The molecule has 19 heavy (non-hydrogen) atoms. The molecule has 0 saturated heterocycles. The standard InChI is InChI=1S/C12H12FN3O3/c1-8-6-12(16(18)19)14-15(8)7-11(17)9-4-2-3-5-10(9)13/h2-6,11,17H,7H2,1H3/t11-/m0/s1. The third-order valence-corrected chi connectivity index (χ3v) is 2.77. The highest BCUT2D eigenvalue weighted by molar-refractivity contribution is 5.22. The summed E-state index contributed by atoms with van der Waals surface area (Å²) in [6.07, 6.45) is -1.11. The van der Waals surface area contributed by atoms with Gasteiger partial charge in [0.05, 0.1) is 23.4 Å². The lowest BCUT2D eigenvalue weighted by Gasteiger charge is -2.10. The number of rotatable bonds is 4. The average molecular weight is 265 g/mol. The molecule has 6 nitrogen and oxygen atoms in total. The summed E-state index contributed by atoms with van der Waals surface area (Å²) in [6, 6.07) is 7.15. The Morgan fingerprint density at radius 3 is 2.79 bits per heavy atom. The fraction of sp³-hybridized carbons (Fsp3) is 0.250. The molecule has 0 saturated carbocycles. The molecule has 2 aromatic rings. The lowest BCUT2D eigenvalue weighted by molar-refractivity contribution is -0.389. The third-order valence-electron chi connectivity index (χ3n) is 2.77. The Bertz CT molecular complexity index is 612. The van der Waals surface area contributed by atoms with Gasteiger partial charge in [0, 0.05) is 5.56 Å². The summed E-state index contributed by atoms with van der Waals surface area (Å²) in [5, 5.41) is 24.3. The van der Waals surface area contributed by atoms with Gasteiger partial charge in [0.2, 0.25) is 0 Å². The van der Waals surface area contributed by atoms with Crippen LogP contribution in [0.15, 0.2) is 30.3 Å². The van der Waals surface area contributed by atoms with E-state index < -0.39 is 16.8 Å². The maximum atomic E-state index is 13.5. The quantitative estimate of drug-likeness (QED) is 0.677. The number of aliphatic hydroxyl groups is 1. The van der Waals surface area contributed by atoms with Crippen LogP contribution < -0.4 is 0 Å². The number of hydrogen-bond acceptors (Lipinski definition) is 4. The number of hydrogen-bond donors (Lipinski definition) is 1. The van der Waals surface area contributed by atoms with Crippen molar-refractivity contribution in [1.29, 1.82) is 0 Å². The Kier molecular flexibility index (Phi) is 3.57. The Hall–Kier alpha value is -2.28. The number of nitrogens with zero attached hydrogens (tertiary/aromatic N) is 3. The maximum absolute atomic E-state index is 13.5. The zero-order valence-electron chi connectivity index (χ0n) is 10.2. The molecule has 0 bridgehead atoms. The number of halogens is 1. The van der Waals surface area contributed by atoms with Crippen LogP contribution in [-0.4, -0.2) is 19.8 Å². The molecule has 1 atom stereocenters. The van der Waals surface area contributed by atoms with Crippen molar-refractivity contribution in [3.63, 3.8) is 0 Å². The highest BCUT2D eigenvalue weighted by Gasteiger charge is 2.20. The van der Waals surface area contributed by atoms with Crippen LogP contribution in [0.5, 0.6) is 0 Å². The summed E-state index contributed by atoms with van der Waals surface area (Å²) in [7, 11) is 0. The smallest absolute Gasteiger partial charge is 0.386 e. The second kappa shape index (κ2) is 5.15. The van der Waals surface area contributed by atoms with Gasteiger partial charge in [0.1, 0.15) is 11.9 Å². The molecule has 1 aromatic carbocycles. The first-order valence-corrected chi connectivity index (χ1v) is 5.60. The van der Waals surface area contributed by atoms with Gasteiger partial charge in [0.25, 0.3) is 0 Å². The van der Waals surface area contributed by atoms with Gasteiger partial charge in [-0.3, -0.25) is 0 Å². The van der Waals surface area contributed by atoms with Crippen LogP contribution in [-0.2, 0) is 6.54 Å². The number of aromatic nitrogens is 2. The molecule has 1 N–H and O–H groups in total. The van der Waals surface area contributed by atoms with Crippen molar-refractivity contribution in [2.75, 3.05) is 0 Å². The van der Waals surface area contributed by atoms with Crippen LogP contribution in [0.2, 0.25) is 0 Å². The number of aryl methyl sites for hydroxylation is 1. The van der Waals surface area contributed by atoms with E-state index in [-0.39, 0.29) is 17.9 Å². The van der Waals surface area contributed by atoms with Gasteiger partial charge in [-0.25, -0.2) is 4.39 Å². The zero-order chi connectivity index (χ0) is 14.0. The summed E-state index contributed by atoms with van der Waals surface area (Å²) < 4.78 is 14.8. The molecule has 0 aliphatic carbocycles. The van der Waals surface area contributed by atoms with Gasteiger partial charge in [-0.1, -0.05) is 18.2 Å². The van der Waals surface area contributed by atoms with E-state index in [1.54, 1.807) is 13.0 Å². The minimum atomic E-state index is -1.11. The fourth-order valence-electron chi connectivity index (χ4n) is 1.77. The summed E-state index contributed by atoms with van der Waals surface area (Å²) >= 11 is 0. The number of nitro groups is 1. The molecule has 0 radical (unpaired) electrons. The van der Waals surface area contributed by atoms with Crippen molar-refractivity contribution >= 4 is 5.82 Å². The molecule has 7 heteroatoms. The van der Waals surface area contributed by atoms with Gasteiger partial charge < -0.3 is 15.2 Å². The first-order chi connectivity index (χ1) is 8.99. The van der Waals surface area contributed by atoms with Gasteiger partial charge in [-0.05, 0) is 17.9 Å². The fourth-order valence-corrected chi connectivity index (χ4v) is 1.77. The molecular formula is C12H12FN3O3. The van der Waals surface area contributed by atoms with Crippen molar-refractivity contribution in [2.24, 2.45) is 0 Å². The van der Waals surface area contributed by atoms with Crippen LogP contribution in [0.25, 0.3) is 0 Å². The van der Waals surface area contributed by atoms with Crippen molar-refractivity contribution in [3.8, 4) is 0 Å². The molecular weight excluding hydrogens is 253 g/mol. The largest absolute Gasteiger partial charge is 0.390 e. The molecule has 2 rings (SSSR count). The molecule has 0 fully saturated rings.